The van der Waals surface area contributed by atoms with Gasteiger partial charge in [-0.3, -0.25) is 0 Å². The number of hydrogen-bond acceptors (Lipinski definition) is 1. The Kier molecular flexibility index (Phi) is 13.1. The zero-order chi connectivity index (χ0) is 26.0. The summed E-state index contributed by atoms with van der Waals surface area (Å²) in [6, 6.07) is 19.1. The van der Waals surface area contributed by atoms with Crippen molar-refractivity contribution in [2.75, 3.05) is 0 Å². The number of nitrogens with zero attached hydrogens (tertiary/aromatic N) is 2. The molecule has 2 nitrogen and oxygen atoms in total. The monoisotopic (exact) mass is 584 g/mol. The van der Waals surface area contributed by atoms with Gasteiger partial charge in [0.1, 0.15) is 12.4 Å². The average Bonchev–Trinajstić information content (AvgIpc) is 3.64. The molecule has 1 heterocycles. The molecule has 0 bridgehead atoms. The van der Waals surface area contributed by atoms with E-state index in [4.69, 9.17) is 11.8 Å². The number of halogens is 4. The van der Waals surface area contributed by atoms with E-state index in [0.29, 0.717) is 0 Å². The number of benzene rings is 2. The van der Waals surface area contributed by atoms with Crippen LogP contribution in [0.4, 0.5) is 17.3 Å². The molecule has 1 aromatic heterocycles. The van der Waals surface area contributed by atoms with E-state index in [-0.39, 0.29) is 17.1 Å². The van der Waals surface area contributed by atoms with Gasteiger partial charge in [-0.1, -0.05) is 72.5 Å². The number of hydrogen-bond donors (Lipinski definition) is 0. The summed E-state index contributed by atoms with van der Waals surface area (Å²) in [5.41, 5.74) is 1.26. The molecule has 0 atom stereocenters. The molecule has 2 aromatic carbocycles. The SMILES string of the molecule is C[n+]1ccn(C[C]2[CH][CH][CH][CH]2)c1.F[B-](F)(F)F.S=P([C]1[CH][CH][CH][CH]1)(c1ccccc1)c1ccccc1.[Fe+2]. The van der Waals surface area contributed by atoms with Crippen LogP contribution >= 0.6 is 6.04 Å². The topological polar surface area (TPSA) is 8.81 Å². The molecular weight excluding hydrogens is 558 g/mol. The third kappa shape index (κ3) is 10.4. The predicted molar refractivity (Wildman–Crippen MR) is 143 cm³/mol. The van der Waals surface area contributed by atoms with Crippen molar-refractivity contribution < 1.29 is 38.9 Å². The van der Waals surface area contributed by atoms with Gasteiger partial charge in [0.25, 0.3) is 0 Å². The molecule has 0 aliphatic heterocycles. The number of aryl methyl sites for hydroxylation is 1. The van der Waals surface area contributed by atoms with Crippen LogP contribution in [0.2, 0.25) is 0 Å². The Morgan fingerprint density at radius 3 is 1.62 bits per heavy atom. The second kappa shape index (κ2) is 15.3. The molecule has 2 aliphatic rings. The Hall–Kier alpha value is -1.40. The molecule has 2 saturated carbocycles. The molecule has 0 N–H and O–H groups in total. The molecule has 2 fully saturated rings. The van der Waals surface area contributed by atoms with Crippen molar-refractivity contribution in [2.24, 2.45) is 7.05 Å². The van der Waals surface area contributed by atoms with Crippen LogP contribution in [-0.4, -0.2) is 11.8 Å². The summed E-state index contributed by atoms with van der Waals surface area (Å²) < 4.78 is 43.2. The molecule has 10 heteroatoms. The minimum Gasteiger partial charge on any atom is -0.418 e. The molecule has 37 heavy (non-hydrogen) atoms. The third-order valence-corrected chi connectivity index (χ3v) is 10.1. The Morgan fingerprint density at radius 2 is 1.22 bits per heavy atom. The quantitative estimate of drug-likeness (QED) is 0.167. The molecule has 10 radical (unpaired) electrons. The molecule has 3 aromatic rings. The van der Waals surface area contributed by atoms with E-state index in [1.165, 1.54) is 22.2 Å². The number of aromatic nitrogens is 2. The van der Waals surface area contributed by atoms with Crippen molar-refractivity contribution in [2.45, 2.75) is 6.54 Å². The van der Waals surface area contributed by atoms with Crippen molar-refractivity contribution in [3.8, 4) is 0 Å². The molecule has 192 valence electrons. The largest absolute Gasteiger partial charge is 2.00 e. The maximum absolute atomic E-state index is 9.75. The summed E-state index contributed by atoms with van der Waals surface area (Å²) in [7, 11) is -3.97. The maximum atomic E-state index is 9.75. The van der Waals surface area contributed by atoms with E-state index in [0.717, 1.165) is 6.54 Å². The van der Waals surface area contributed by atoms with Crippen molar-refractivity contribution in [3.05, 3.63) is 142 Å². The summed E-state index contributed by atoms with van der Waals surface area (Å²) >= 11 is 6.17. The van der Waals surface area contributed by atoms with Gasteiger partial charge < -0.3 is 17.3 Å². The van der Waals surface area contributed by atoms with Crippen LogP contribution in [-0.2, 0) is 42.5 Å². The van der Waals surface area contributed by atoms with E-state index in [1.807, 2.05) is 29.9 Å². The van der Waals surface area contributed by atoms with Gasteiger partial charge in [0.2, 0.25) is 6.33 Å². The van der Waals surface area contributed by atoms with Crippen LogP contribution in [0.3, 0.4) is 0 Å². The van der Waals surface area contributed by atoms with Crippen LogP contribution in [0.15, 0.2) is 79.4 Å². The molecule has 0 unspecified atom stereocenters. The first-order valence-corrected chi connectivity index (χ1v) is 14.0. The maximum Gasteiger partial charge on any atom is 2.00 e. The Labute approximate surface area is 234 Å². The van der Waals surface area contributed by atoms with E-state index in [2.05, 4.69) is 117 Å². The first-order valence-electron chi connectivity index (χ1n) is 11.2. The Morgan fingerprint density at radius 1 is 0.784 bits per heavy atom. The van der Waals surface area contributed by atoms with Crippen molar-refractivity contribution >= 4 is 35.7 Å². The van der Waals surface area contributed by atoms with Gasteiger partial charge in [0, 0.05) is 17.6 Å². The van der Waals surface area contributed by atoms with E-state index < -0.39 is 13.3 Å². The second-order valence-corrected chi connectivity index (χ2v) is 12.4. The summed E-state index contributed by atoms with van der Waals surface area (Å²) in [6.45, 7) is 0.966. The van der Waals surface area contributed by atoms with E-state index in [1.54, 1.807) is 0 Å². The van der Waals surface area contributed by atoms with Gasteiger partial charge in [-0.2, -0.15) is 0 Å². The fourth-order valence-electron chi connectivity index (χ4n) is 3.62. The van der Waals surface area contributed by atoms with Gasteiger partial charge in [-0.05, 0) is 62.0 Å². The molecule has 2 aliphatic carbocycles. The van der Waals surface area contributed by atoms with Crippen molar-refractivity contribution in [1.82, 2.24) is 4.57 Å². The van der Waals surface area contributed by atoms with Gasteiger partial charge >= 0.3 is 24.3 Å². The third-order valence-electron chi connectivity index (χ3n) is 5.17. The van der Waals surface area contributed by atoms with Gasteiger partial charge in [0.15, 0.2) is 0 Å². The van der Waals surface area contributed by atoms with Crippen molar-refractivity contribution in [3.63, 3.8) is 0 Å². The van der Waals surface area contributed by atoms with Gasteiger partial charge in [-0.15, -0.1) is 0 Å². The predicted octanol–water partition coefficient (Wildman–Crippen LogP) is 5.50. The van der Waals surface area contributed by atoms with Gasteiger partial charge in [0.05, 0.1) is 13.6 Å². The standard InChI is InChI=1S/C17H14PS.C10H12N2.BF4.Fe/c19-18(17-13-7-8-14-17,15-9-3-1-4-10-15)16-11-5-2-6-12-16;1-11-6-7-12(9-11)8-10-4-2-3-5-10;2-1(3,4)5;/h1-14H;2-7,9H,8H2,1H3;;/q;+1;-1;+2. The van der Waals surface area contributed by atoms with E-state index >= 15 is 0 Å². The molecule has 0 amide bonds. The summed E-state index contributed by atoms with van der Waals surface area (Å²) in [5, 5.41) is 2.50. The zero-order valence-electron chi connectivity index (χ0n) is 20.0. The van der Waals surface area contributed by atoms with Crippen molar-refractivity contribution in [1.29, 1.82) is 0 Å². The van der Waals surface area contributed by atoms with Gasteiger partial charge in [-0.25, -0.2) is 9.13 Å². The fourth-order valence-corrected chi connectivity index (χ4v) is 7.39. The minimum atomic E-state index is -6.00. The van der Waals surface area contributed by atoms with E-state index in [9.17, 15) is 17.3 Å². The molecular formula is C27H26BF4FeN2PS+2. The molecule has 5 rings (SSSR count). The normalized spacial score (nSPS) is 16.2. The smallest absolute Gasteiger partial charge is 0.418 e. The number of rotatable bonds is 5. The van der Waals surface area contributed by atoms with Crippen LogP contribution < -0.4 is 15.2 Å². The average molecular weight is 584 g/mol. The second-order valence-electron chi connectivity index (χ2n) is 7.96. The molecule has 0 saturated heterocycles. The summed E-state index contributed by atoms with van der Waals surface area (Å²) in [6.07, 6.45) is 23.1. The first-order chi connectivity index (χ1) is 17.2. The summed E-state index contributed by atoms with van der Waals surface area (Å²) in [4.78, 5) is 0. The summed E-state index contributed by atoms with van der Waals surface area (Å²) in [5.74, 6) is 1.35. The minimum absolute atomic E-state index is 0. The zero-order valence-corrected chi connectivity index (χ0v) is 22.8. The van der Waals surface area contributed by atoms with Crippen LogP contribution in [0, 0.1) is 62.9 Å². The van der Waals surface area contributed by atoms with Crippen LogP contribution in [0.1, 0.15) is 0 Å². The van der Waals surface area contributed by atoms with Crippen LogP contribution in [0.5, 0.6) is 0 Å². The Bertz CT molecular complexity index is 1040. The Balaban J connectivity index is 0.000000229. The molecule has 0 spiro atoms. The number of imidazole rings is 1. The van der Waals surface area contributed by atoms with Crippen LogP contribution in [0.25, 0.3) is 0 Å². The fraction of sp³-hybridized carbons (Fsp3) is 0.0741. The first kappa shape index (κ1) is 31.8.